The number of alkyl halides is 1. The third-order valence-electron chi connectivity index (χ3n) is 1.94. The molecule has 0 amide bonds. The second-order valence-corrected chi connectivity index (χ2v) is 3.40. The van der Waals surface area contributed by atoms with Gasteiger partial charge in [0.25, 0.3) is 0 Å². The lowest BCUT2D eigenvalue weighted by Crippen LogP contribution is -2.43. The number of hydrogen-bond acceptors (Lipinski definition) is 9. The molecule has 0 rings (SSSR count). The van der Waals surface area contributed by atoms with Crippen molar-refractivity contribution in [2.24, 2.45) is 5.16 Å². The highest BCUT2D eigenvalue weighted by Crippen LogP contribution is 2.09. The van der Waals surface area contributed by atoms with Gasteiger partial charge < -0.3 is 29.6 Å². The Morgan fingerprint density at radius 1 is 1.30 bits per heavy atom. The van der Waals surface area contributed by atoms with E-state index in [-0.39, 0.29) is 0 Å². The Balaban J connectivity index is 4.68. The summed E-state index contributed by atoms with van der Waals surface area (Å²) < 4.78 is 22.5. The van der Waals surface area contributed by atoms with Crippen molar-refractivity contribution in [2.75, 3.05) is 26.9 Å². The fraction of sp³-hybridized carbons (Fsp3) is 0.700. The lowest BCUT2D eigenvalue weighted by atomic mass is 10.1. The number of aliphatic hydroxyl groups excluding tert-OH is 3. The smallest absolute Gasteiger partial charge is 0.332 e. The molecule has 3 atom stereocenters. The molecule has 20 heavy (non-hydrogen) atoms. The number of ether oxygens (including phenoxy) is 2. The zero-order valence-electron chi connectivity index (χ0n) is 10.6. The zero-order valence-corrected chi connectivity index (χ0v) is 10.6. The third kappa shape index (κ3) is 6.97. The van der Waals surface area contributed by atoms with E-state index in [1.165, 1.54) is 0 Å². The summed E-state index contributed by atoms with van der Waals surface area (Å²) >= 11 is 0. The highest BCUT2D eigenvalue weighted by atomic mass is 19.1. The number of nitrogens with zero attached hydrogens (tertiary/aromatic N) is 1. The van der Waals surface area contributed by atoms with Crippen LogP contribution in [-0.2, 0) is 23.9 Å². The van der Waals surface area contributed by atoms with Crippen molar-refractivity contribution in [3.8, 4) is 0 Å². The Kier molecular flexibility index (Phi) is 9.17. The van der Waals surface area contributed by atoms with Crippen LogP contribution in [0.1, 0.15) is 0 Å². The summed E-state index contributed by atoms with van der Waals surface area (Å²) in [6.45, 7) is -2.66. The van der Waals surface area contributed by atoms with E-state index < -0.39 is 50.1 Å². The second kappa shape index (κ2) is 10.1. The first-order valence-electron chi connectivity index (χ1n) is 5.41. The molecule has 9 nitrogen and oxygen atoms in total. The summed E-state index contributed by atoms with van der Waals surface area (Å²) in [4.78, 5) is 25.8. The number of aliphatic hydroxyl groups is 3. The lowest BCUT2D eigenvalue weighted by molar-refractivity contribution is -0.167. The molecule has 0 heterocycles. The van der Waals surface area contributed by atoms with E-state index in [1.807, 2.05) is 0 Å². The summed E-state index contributed by atoms with van der Waals surface area (Å²) in [7, 11) is 1.15. The van der Waals surface area contributed by atoms with E-state index in [2.05, 4.69) is 19.5 Å². The zero-order chi connectivity index (χ0) is 15.5. The number of carbonyl (C=O) groups is 2. The molecule has 0 spiro atoms. The molecule has 0 saturated carbocycles. The van der Waals surface area contributed by atoms with Crippen molar-refractivity contribution < 1.29 is 43.6 Å². The quantitative estimate of drug-likeness (QED) is 0.247. The van der Waals surface area contributed by atoms with Gasteiger partial charge in [0.05, 0.1) is 6.21 Å². The summed E-state index contributed by atoms with van der Waals surface area (Å²) in [5, 5.41) is 29.6. The van der Waals surface area contributed by atoms with Crippen LogP contribution in [0.2, 0.25) is 0 Å². The van der Waals surface area contributed by atoms with Crippen molar-refractivity contribution in [3.05, 3.63) is 0 Å². The van der Waals surface area contributed by atoms with Gasteiger partial charge in [-0.2, -0.15) is 0 Å². The molecule has 0 aliphatic rings. The SMILES string of the molecule is CO/N=C\[C@@H](F)[C@H](OC(=O)CO)[C@H](O)COC(=O)CO. The molecule has 0 aliphatic heterocycles. The molecular formula is C10H16FNO8. The summed E-state index contributed by atoms with van der Waals surface area (Å²) in [6, 6.07) is 0. The molecule has 0 aromatic carbocycles. The van der Waals surface area contributed by atoms with Crippen LogP contribution >= 0.6 is 0 Å². The molecule has 0 radical (unpaired) electrons. The number of oxime groups is 1. The van der Waals surface area contributed by atoms with Gasteiger partial charge in [-0.25, -0.2) is 14.0 Å². The van der Waals surface area contributed by atoms with Gasteiger partial charge in [-0.1, -0.05) is 5.16 Å². The molecule has 0 aliphatic carbocycles. The fourth-order valence-corrected chi connectivity index (χ4v) is 1.07. The van der Waals surface area contributed by atoms with Gasteiger partial charge in [-0.05, 0) is 0 Å². The number of halogens is 1. The number of hydrogen-bond donors (Lipinski definition) is 3. The van der Waals surface area contributed by atoms with E-state index >= 15 is 0 Å². The van der Waals surface area contributed by atoms with Crippen molar-refractivity contribution in [1.29, 1.82) is 0 Å². The number of carbonyl (C=O) groups excluding carboxylic acids is 2. The predicted octanol–water partition coefficient (Wildman–Crippen LogP) is -2.24. The van der Waals surface area contributed by atoms with Crippen LogP contribution in [0.25, 0.3) is 0 Å². The summed E-state index contributed by atoms with van der Waals surface area (Å²) in [5.74, 6) is -2.23. The molecule has 0 fully saturated rings. The largest absolute Gasteiger partial charge is 0.461 e. The van der Waals surface area contributed by atoms with Crippen LogP contribution in [0.5, 0.6) is 0 Å². The molecule has 0 unspecified atom stereocenters. The van der Waals surface area contributed by atoms with Gasteiger partial charge >= 0.3 is 11.9 Å². The normalized spacial score (nSPS) is 15.4. The van der Waals surface area contributed by atoms with Gasteiger partial charge in [0.2, 0.25) is 0 Å². The molecular weight excluding hydrogens is 281 g/mol. The van der Waals surface area contributed by atoms with E-state index in [4.69, 9.17) is 10.2 Å². The molecule has 3 N–H and O–H groups in total. The van der Waals surface area contributed by atoms with E-state index in [0.717, 1.165) is 7.11 Å². The number of esters is 2. The first-order chi connectivity index (χ1) is 9.46. The maximum Gasteiger partial charge on any atom is 0.332 e. The van der Waals surface area contributed by atoms with E-state index in [1.54, 1.807) is 0 Å². The summed E-state index contributed by atoms with van der Waals surface area (Å²) in [5.41, 5.74) is 0. The lowest BCUT2D eigenvalue weighted by Gasteiger charge is -2.23. The maximum absolute atomic E-state index is 13.7. The molecule has 0 saturated heterocycles. The van der Waals surface area contributed by atoms with Gasteiger partial charge in [0, 0.05) is 0 Å². The van der Waals surface area contributed by atoms with Crippen LogP contribution in [-0.4, -0.2) is 78.8 Å². The van der Waals surface area contributed by atoms with Gasteiger partial charge in [0.15, 0.2) is 12.3 Å². The average Bonchev–Trinajstić information content (AvgIpc) is 2.46. The van der Waals surface area contributed by atoms with E-state index in [9.17, 15) is 19.1 Å². The topological polar surface area (TPSA) is 135 Å². The first-order valence-corrected chi connectivity index (χ1v) is 5.41. The molecule has 0 bridgehead atoms. The second-order valence-electron chi connectivity index (χ2n) is 3.40. The minimum atomic E-state index is -2.06. The van der Waals surface area contributed by atoms with Crippen molar-refractivity contribution >= 4 is 18.2 Å². The molecule has 10 heteroatoms. The minimum Gasteiger partial charge on any atom is -0.461 e. The summed E-state index contributed by atoms with van der Waals surface area (Å²) in [6.07, 6.45) is -4.93. The minimum absolute atomic E-state index is 0.617. The maximum atomic E-state index is 13.7. The first kappa shape index (κ1) is 18.2. The van der Waals surface area contributed by atoms with Gasteiger partial charge in [-0.3, -0.25) is 0 Å². The highest BCUT2D eigenvalue weighted by Gasteiger charge is 2.32. The Hall–Kier alpha value is -1.78. The van der Waals surface area contributed by atoms with Gasteiger partial charge in [-0.15, -0.1) is 0 Å². The monoisotopic (exact) mass is 297 g/mol. The van der Waals surface area contributed by atoms with Crippen molar-refractivity contribution in [3.63, 3.8) is 0 Å². The molecule has 0 aromatic rings. The van der Waals surface area contributed by atoms with Crippen LogP contribution in [0.15, 0.2) is 5.16 Å². The average molecular weight is 297 g/mol. The Morgan fingerprint density at radius 3 is 2.40 bits per heavy atom. The van der Waals surface area contributed by atoms with Crippen molar-refractivity contribution in [2.45, 2.75) is 18.4 Å². The highest BCUT2D eigenvalue weighted by molar-refractivity contribution is 5.72. The Bertz CT molecular complexity index is 337. The Morgan fingerprint density at radius 2 is 1.90 bits per heavy atom. The molecule has 0 aromatic heterocycles. The predicted molar refractivity (Wildman–Crippen MR) is 61.4 cm³/mol. The van der Waals surface area contributed by atoms with E-state index in [0.29, 0.717) is 6.21 Å². The van der Waals surface area contributed by atoms with Crippen LogP contribution in [0, 0.1) is 0 Å². The Labute approximate surface area is 113 Å². The van der Waals surface area contributed by atoms with Crippen molar-refractivity contribution in [1.82, 2.24) is 0 Å². The number of rotatable bonds is 9. The van der Waals surface area contributed by atoms with Crippen LogP contribution < -0.4 is 0 Å². The van der Waals surface area contributed by atoms with Crippen LogP contribution in [0.3, 0.4) is 0 Å². The van der Waals surface area contributed by atoms with Crippen LogP contribution in [0.4, 0.5) is 4.39 Å². The molecule has 116 valence electrons. The van der Waals surface area contributed by atoms with Gasteiger partial charge in [0.1, 0.15) is 33.0 Å². The standard InChI is InChI=1S/C10H16FNO8/c1-18-12-2-6(11)10(20-9(17)4-14)7(15)5-19-8(16)3-13/h2,6-7,10,13-15H,3-5H2,1H3/b12-2-/t6-,7-,10+/m1/s1. The third-order valence-corrected chi connectivity index (χ3v) is 1.94. The fourth-order valence-electron chi connectivity index (χ4n) is 1.07.